The molecule has 0 atom stereocenters. The number of hydrogen-bond donors (Lipinski definition) is 0. The van der Waals surface area contributed by atoms with Gasteiger partial charge in [-0.1, -0.05) is 18.2 Å². The first-order valence-corrected chi connectivity index (χ1v) is 10.3. The fourth-order valence-electron chi connectivity index (χ4n) is 3.65. The van der Waals surface area contributed by atoms with Gasteiger partial charge in [0.25, 0.3) is 0 Å². The molecule has 0 N–H and O–H groups in total. The van der Waals surface area contributed by atoms with Gasteiger partial charge in [-0.2, -0.15) is 5.10 Å². The van der Waals surface area contributed by atoms with Gasteiger partial charge in [0.2, 0.25) is 0 Å². The number of aromatic nitrogens is 5. The second kappa shape index (κ2) is 7.20. The van der Waals surface area contributed by atoms with Crippen LogP contribution < -0.4 is 9.80 Å². The van der Waals surface area contributed by atoms with Gasteiger partial charge in [-0.3, -0.25) is 0 Å². The van der Waals surface area contributed by atoms with E-state index in [1.807, 2.05) is 48.1 Å². The third-order valence-electron chi connectivity index (χ3n) is 5.02. The highest BCUT2D eigenvalue weighted by molar-refractivity contribution is 7.13. The summed E-state index contributed by atoms with van der Waals surface area (Å²) in [7, 11) is 0. The highest BCUT2D eigenvalue weighted by Crippen LogP contribution is 2.27. The number of hydrogen-bond acceptors (Lipinski definition) is 7. The van der Waals surface area contributed by atoms with Crippen molar-refractivity contribution in [2.45, 2.75) is 13.3 Å². The summed E-state index contributed by atoms with van der Waals surface area (Å²) in [6, 6.07) is 10.1. The Morgan fingerprint density at radius 2 is 1.79 bits per heavy atom. The first kappa shape index (κ1) is 17.1. The van der Waals surface area contributed by atoms with Crippen molar-refractivity contribution in [3.05, 3.63) is 53.9 Å². The van der Waals surface area contributed by atoms with E-state index in [1.165, 1.54) is 0 Å². The standard InChI is InChI=1S/C20H21N7S/c1-15-13-28-20(24-15)26-9-5-8-25(10-11-26)18-17-12-23-27(19(17)22-14-21-18)16-6-3-2-4-7-16/h2-4,6-7,12-14H,5,8-11H2,1H3. The lowest BCUT2D eigenvalue weighted by Crippen LogP contribution is -2.31. The maximum absolute atomic E-state index is 4.65. The third kappa shape index (κ3) is 3.09. The van der Waals surface area contributed by atoms with E-state index < -0.39 is 0 Å². The minimum absolute atomic E-state index is 0.841. The second-order valence-electron chi connectivity index (χ2n) is 6.93. The minimum atomic E-state index is 0.841. The topological polar surface area (TPSA) is 63.0 Å². The zero-order valence-corrected chi connectivity index (χ0v) is 16.5. The summed E-state index contributed by atoms with van der Waals surface area (Å²) in [5.74, 6) is 0.962. The van der Waals surface area contributed by atoms with Gasteiger partial charge in [0.15, 0.2) is 10.8 Å². The summed E-state index contributed by atoms with van der Waals surface area (Å²) in [5.41, 5.74) is 2.93. The lowest BCUT2D eigenvalue weighted by atomic mass is 10.3. The maximum atomic E-state index is 4.65. The highest BCUT2D eigenvalue weighted by atomic mass is 32.1. The molecule has 7 nitrogen and oxygen atoms in total. The van der Waals surface area contributed by atoms with Crippen LogP contribution in [-0.2, 0) is 0 Å². The molecular formula is C20H21N7S. The number of para-hydroxylation sites is 1. The maximum Gasteiger partial charge on any atom is 0.185 e. The molecule has 1 aliphatic heterocycles. The Balaban J connectivity index is 1.44. The van der Waals surface area contributed by atoms with Crippen molar-refractivity contribution in [1.29, 1.82) is 0 Å². The van der Waals surface area contributed by atoms with E-state index >= 15 is 0 Å². The van der Waals surface area contributed by atoms with Crippen molar-refractivity contribution < 1.29 is 0 Å². The molecule has 0 amide bonds. The smallest absolute Gasteiger partial charge is 0.185 e. The van der Waals surface area contributed by atoms with E-state index in [4.69, 9.17) is 0 Å². The Kier molecular flexibility index (Phi) is 4.40. The Labute approximate surface area is 167 Å². The molecule has 0 radical (unpaired) electrons. The Bertz CT molecular complexity index is 1090. The number of rotatable bonds is 3. The van der Waals surface area contributed by atoms with Crippen LogP contribution in [0.4, 0.5) is 10.9 Å². The fourth-order valence-corrected chi connectivity index (χ4v) is 4.51. The van der Waals surface area contributed by atoms with Crippen LogP contribution in [0.25, 0.3) is 16.7 Å². The normalized spacial score (nSPS) is 15.2. The van der Waals surface area contributed by atoms with Crippen molar-refractivity contribution in [2.24, 2.45) is 0 Å². The summed E-state index contributed by atoms with van der Waals surface area (Å²) >= 11 is 1.72. The fraction of sp³-hybridized carbons (Fsp3) is 0.300. The second-order valence-corrected chi connectivity index (χ2v) is 7.76. The minimum Gasteiger partial charge on any atom is -0.354 e. The van der Waals surface area contributed by atoms with E-state index in [1.54, 1.807) is 17.7 Å². The molecule has 0 spiro atoms. The zero-order chi connectivity index (χ0) is 18.9. The molecule has 1 saturated heterocycles. The molecule has 0 aliphatic carbocycles. The first-order valence-electron chi connectivity index (χ1n) is 9.46. The SMILES string of the molecule is Cc1csc(N2CCCN(c3ncnc4c3cnn4-c3ccccc3)CC2)n1. The predicted molar refractivity (Wildman–Crippen MR) is 113 cm³/mol. The zero-order valence-electron chi connectivity index (χ0n) is 15.7. The van der Waals surface area contributed by atoms with Crippen molar-refractivity contribution in [3.8, 4) is 5.69 Å². The predicted octanol–water partition coefficient (Wildman–Crippen LogP) is 3.30. The van der Waals surface area contributed by atoms with E-state index in [-0.39, 0.29) is 0 Å². The lowest BCUT2D eigenvalue weighted by molar-refractivity contribution is 0.798. The number of fused-ring (bicyclic) bond motifs is 1. The molecule has 3 aromatic heterocycles. The number of benzene rings is 1. The largest absolute Gasteiger partial charge is 0.354 e. The van der Waals surface area contributed by atoms with E-state index in [0.717, 1.165) is 66.0 Å². The van der Waals surface area contributed by atoms with Crippen molar-refractivity contribution in [2.75, 3.05) is 36.0 Å². The van der Waals surface area contributed by atoms with Crippen LogP contribution in [0, 0.1) is 6.92 Å². The van der Waals surface area contributed by atoms with Crippen LogP contribution in [0.5, 0.6) is 0 Å². The average molecular weight is 392 g/mol. The van der Waals surface area contributed by atoms with Crippen LogP contribution in [0.15, 0.2) is 48.2 Å². The van der Waals surface area contributed by atoms with E-state index in [2.05, 4.69) is 35.2 Å². The molecule has 28 heavy (non-hydrogen) atoms. The molecule has 5 rings (SSSR count). The molecule has 1 aliphatic rings. The molecule has 0 unspecified atom stereocenters. The van der Waals surface area contributed by atoms with Crippen LogP contribution in [-0.4, -0.2) is 50.9 Å². The van der Waals surface area contributed by atoms with E-state index in [0.29, 0.717) is 0 Å². The number of anilines is 2. The Hall–Kier alpha value is -3.00. The summed E-state index contributed by atoms with van der Waals surface area (Å²) < 4.78 is 1.88. The van der Waals surface area contributed by atoms with Gasteiger partial charge in [-0.15, -0.1) is 11.3 Å². The average Bonchev–Trinajstić information content (AvgIpc) is 3.28. The number of thiazole rings is 1. The van der Waals surface area contributed by atoms with Gasteiger partial charge in [0, 0.05) is 31.6 Å². The van der Waals surface area contributed by atoms with Crippen molar-refractivity contribution in [3.63, 3.8) is 0 Å². The summed E-state index contributed by atoms with van der Waals surface area (Å²) in [5, 5.41) is 8.80. The van der Waals surface area contributed by atoms with Gasteiger partial charge in [-0.25, -0.2) is 19.6 Å². The molecule has 142 valence electrons. The van der Waals surface area contributed by atoms with Crippen LogP contribution in [0.2, 0.25) is 0 Å². The monoisotopic (exact) mass is 391 g/mol. The summed E-state index contributed by atoms with van der Waals surface area (Å²) in [4.78, 5) is 18.5. The molecule has 0 bridgehead atoms. The Morgan fingerprint density at radius 1 is 0.964 bits per heavy atom. The molecule has 0 saturated carbocycles. The molecule has 4 heterocycles. The van der Waals surface area contributed by atoms with Gasteiger partial charge < -0.3 is 9.80 Å². The highest BCUT2D eigenvalue weighted by Gasteiger charge is 2.21. The van der Waals surface area contributed by atoms with Crippen LogP contribution in [0.1, 0.15) is 12.1 Å². The number of nitrogens with zero attached hydrogens (tertiary/aromatic N) is 7. The summed E-state index contributed by atoms with van der Waals surface area (Å²) in [6.07, 6.45) is 4.59. The van der Waals surface area contributed by atoms with Gasteiger partial charge in [0.05, 0.1) is 23.0 Å². The summed E-state index contributed by atoms with van der Waals surface area (Å²) in [6.45, 7) is 5.86. The van der Waals surface area contributed by atoms with Crippen LogP contribution in [0.3, 0.4) is 0 Å². The van der Waals surface area contributed by atoms with Crippen LogP contribution >= 0.6 is 11.3 Å². The van der Waals surface area contributed by atoms with Crippen molar-refractivity contribution >= 4 is 33.3 Å². The van der Waals surface area contributed by atoms with Gasteiger partial charge in [-0.05, 0) is 25.5 Å². The molecule has 1 aromatic carbocycles. The first-order chi connectivity index (χ1) is 13.8. The quantitative estimate of drug-likeness (QED) is 0.534. The lowest BCUT2D eigenvalue weighted by Gasteiger charge is -2.22. The van der Waals surface area contributed by atoms with E-state index in [9.17, 15) is 0 Å². The molecule has 4 aromatic rings. The third-order valence-corrected chi connectivity index (χ3v) is 6.04. The van der Waals surface area contributed by atoms with Crippen molar-refractivity contribution in [1.82, 2.24) is 24.7 Å². The van der Waals surface area contributed by atoms with Gasteiger partial charge in [0.1, 0.15) is 12.1 Å². The molecule has 8 heteroatoms. The number of aryl methyl sites for hydroxylation is 1. The molecule has 1 fully saturated rings. The Morgan fingerprint density at radius 3 is 2.61 bits per heavy atom. The van der Waals surface area contributed by atoms with Gasteiger partial charge >= 0.3 is 0 Å². The molecular weight excluding hydrogens is 370 g/mol.